The second-order valence-corrected chi connectivity index (χ2v) is 11.3. The van der Waals surface area contributed by atoms with Crippen molar-refractivity contribution in [3.05, 3.63) is 110 Å². The largest absolute Gasteiger partial charge is 0.494 e. The highest BCUT2D eigenvalue weighted by Crippen LogP contribution is 2.40. The molecule has 12 heteroatoms. The first-order valence-corrected chi connectivity index (χ1v) is 14.0. The van der Waals surface area contributed by atoms with Gasteiger partial charge in [0.2, 0.25) is 0 Å². The van der Waals surface area contributed by atoms with Gasteiger partial charge in [0.15, 0.2) is 11.6 Å². The number of halogens is 6. The fourth-order valence-electron chi connectivity index (χ4n) is 5.47. The maximum atomic E-state index is 15.5. The number of anilines is 1. The number of methoxy groups -OCH3 is 1. The van der Waals surface area contributed by atoms with Crippen LogP contribution in [0.25, 0.3) is 11.1 Å². The standard InChI is InChI=1S/C30H24F6N2O3S/c1-15-19(13-20-21(30(34,35)36)8-5-9-22(20)31)29-38(28(39)25(15)18-7-4-11-24(41-2)27(18)33)17(14-42(29)40)12-16-6-3-10-23(37)26(16)32/h3-11,17H,12-14,37H2,1-2H3. The first kappa shape index (κ1) is 29.4. The van der Waals surface area contributed by atoms with E-state index in [1.807, 2.05) is 0 Å². The zero-order chi connectivity index (χ0) is 30.5. The molecule has 1 aromatic heterocycles. The number of nitrogens with zero attached hydrogens (tertiary/aromatic N) is 1. The third-order valence-corrected chi connectivity index (χ3v) is 9.02. The molecule has 2 atom stereocenters. The zero-order valence-electron chi connectivity index (χ0n) is 22.3. The minimum absolute atomic E-state index is 0.0173. The van der Waals surface area contributed by atoms with Crippen LogP contribution in [0.2, 0.25) is 0 Å². The van der Waals surface area contributed by atoms with Crippen LogP contribution < -0.4 is 16.0 Å². The molecular formula is C30H24F6N2O3S. The minimum Gasteiger partial charge on any atom is -0.494 e. The van der Waals surface area contributed by atoms with Gasteiger partial charge in [-0.25, -0.2) is 13.2 Å². The van der Waals surface area contributed by atoms with Crippen LogP contribution in [0.15, 0.2) is 64.4 Å². The van der Waals surface area contributed by atoms with Crippen molar-refractivity contribution in [1.29, 1.82) is 0 Å². The van der Waals surface area contributed by atoms with Gasteiger partial charge in [0.05, 0.1) is 46.5 Å². The van der Waals surface area contributed by atoms with Crippen molar-refractivity contribution in [3.63, 3.8) is 0 Å². The first-order valence-electron chi connectivity index (χ1n) is 12.7. The van der Waals surface area contributed by atoms with Crippen molar-refractivity contribution >= 4 is 16.5 Å². The van der Waals surface area contributed by atoms with Gasteiger partial charge in [-0.3, -0.25) is 13.6 Å². The lowest BCUT2D eigenvalue weighted by atomic mass is 9.92. The lowest BCUT2D eigenvalue weighted by Crippen LogP contribution is -2.29. The SMILES string of the molecule is COc1cccc(-c2c(C)c(Cc3c(F)cccc3C(F)(F)F)c3n(c2=O)C(Cc2cccc(N)c2F)CS3=O)c1F. The molecule has 4 aromatic rings. The number of pyridine rings is 1. The molecule has 5 nitrogen and oxygen atoms in total. The Balaban J connectivity index is 1.81. The van der Waals surface area contributed by atoms with E-state index in [2.05, 4.69) is 0 Å². The van der Waals surface area contributed by atoms with E-state index >= 15 is 4.39 Å². The van der Waals surface area contributed by atoms with E-state index in [4.69, 9.17) is 10.5 Å². The molecule has 0 radical (unpaired) electrons. The Labute approximate surface area is 239 Å². The van der Waals surface area contributed by atoms with Gasteiger partial charge in [-0.1, -0.05) is 30.3 Å². The van der Waals surface area contributed by atoms with E-state index in [-0.39, 0.29) is 56.5 Å². The predicted molar refractivity (Wildman–Crippen MR) is 146 cm³/mol. The van der Waals surface area contributed by atoms with Crippen LogP contribution in [-0.2, 0) is 29.8 Å². The van der Waals surface area contributed by atoms with Gasteiger partial charge in [0.1, 0.15) is 16.7 Å². The maximum absolute atomic E-state index is 15.5. The molecule has 1 aliphatic rings. The quantitative estimate of drug-likeness (QED) is 0.205. The molecule has 0 bridgehead atoms. The Hall–Kier alpha value is -4.06. The average Bonchev–Trinajstić information content (AvgIpc) is 3.25. The Morgan fingerprint density at radius 2 is 1.69 bits per heavy atom. The summed E-state index contributed by atoms with van der Waals surface area (Å²) in [5.74, 6) is -3.13. The smallest absolute Gasteiger partial charge is 0.416 e. The summed E-state index contributed by atoms with van der Waals surface area (Å²) in [6.45, 7) is 1.39. The second-order valence-electron chi connectivity index (χ2n) is 9.91. The number of hydrogen-bond donors (Lipinski definition) is 1. The summed E-state index contributed by atoms with van der Waals surface area (Å²) in [6.07, 6.45) is -5.73. The summed E-state index contributed by atoms with van der Waals surface area (Å²) in [5.41, 5.74) is 2.57. The summed E-state index contributed by atoms with van der Waals surface area (Å²) in [5, 5.41) is -0.116. The number of aromatic nitrogens is 1. The molecule has 2 N–H and O–H groups in total. The molecule has 0 saturated carbocycles. The van der Waals surface area contributed by atoms with Crippen molar-refractivity contribution in [2.45, 2.75) is 37.0 Å². The first-order chi connectivity index (χ1) is 19.8. The van der Waals surface area contributed by atoms with Crippen LogP contribution in [0, 0.1) is 24.4 Å². The van der Waals surface area contributed by atoms with Gasteiger partial charge >= 0.3 is 6.18 Å². The van der Waals surface area contributed by atoms with Gasteiger partial charge < -0.3 is 10.5 Å². The van der Waals surface area contributed by atoms with E-state index in [1.165, 1.54) is 50.4 Å². The van der Waals surface area contributed by atoms with Gasteiger partial charge in [0.25, 0.3) is 5.56 Å². The van der Waals surface area contributed by atoms with Gasteiger partial charge in [-0.05, 0) is 54.3 Å². The molecule has 1 aliphatic heterocycles. The molecule has 0 fully saturated rings. The highest BCUT2D eigenvalue weighted by Gasteiger charge is 2.38. The van der Waals surface area contributed by atoms with Crippen LogP contribution in [0.1, 0.15) is 33.9 Å². The summed E-state index contributed by atoms with van der Waals surface area (Å²) in [4.78, 5) is 14.1. The van der Waals surface area contributed by atoms with E-state index < -0.39 is 63.6 Å². The Morgan fingerprint density at radius 3 is 2.38 bits per heavy atom. The topological polar surface area (TPSA) is 74.3 Å². The van der Waals surface area contributed by atoms with E-state index in [9.17, 15) is 31.0 Å². The predicted octanol–water partition coefficient (Wildman–Crippen LogP) is 6.35. The third-order valence-electron chi connectivity index (χ3n) is 7.46. The molecule has 5 rings (SSSR count). The van der Waals surface area contributed by atoms with Crippen molar-refractivity contribution in [3.8, 4) is 16.9 Å². The molecule has 2 unspecified atom stereocenters. The minimum atomic E-state index is -4.91. The fraction of sp³-hybridized carbons (Fsp3) is 0.233. The highest BCUT2D eigenvalue weighted by atomic mass is 32.2. The van der Waals surface area contributed by atoms with Crippen LogP contribution in [0.3, 0.4) is 0 Å². The van der Waals surface area contributed by atoms with Gasteiger partial charge in [-0.15, -0.1) is 0 Å². The van der Waals surface area contributed by atoms with E-state index in [1.54, 1.807) is 0 Å². The molecule has 0 amide bonds. The Bertz CT molecular complexity index is 1800. The molecule has 3 aromatic carbocycles. The van der Waals surface area contributed by atoms with Crippen LogP contribution in [0.5, 0.6) is 5.75 Å². The zero-order valence-corrected chi connectivity index (χ0v) is 23.1. The average molecular weight is 607 g/mol. The number of hydrogen-bond acceptors (Lipinski definition) is 4. The molecule has 220 valence electrons. The number of fused-ring (bicyclic) bond motifs is 1. The number of benzene rings is 3. The van der Waals surface area contributed by atoms with Crippen molar-refractivity contribution < 1.29 is 35.3 Å². The number of alkyl halides is 3. The van der Waals surface area contributed by atoms with Crippen LogP contribution in [-0.4, -0.2) is 21.6 Å². The summed E-state index contributed by atoms with van der Waals surface area (Å²) >= 11 is 0. The number of rotatable bonds is 6. The van der Waals surface area contributed by atoms with Crippen molar-refractivity contribution in [2.75, 3.05) is 18.6 Å². The van der Waals surface area contributed by atoms with Crippen LogP contribution in [0.4, 0.5) is 32.0 Å². The van der Waals surface area contributed by atoms with Gasteiger partial charge in [-0.2, -0.15) is 13.2 Å². The molecule has 0 saturated heterocycles. The molecule has 0 spiro atoms. The normalized spacial score (nSPS) is 16.5. The van der Waals surface area contributed by atoms with Crippen molar-refractivity contribution in [1.82, 2.24) is 4.57 Å². The maximum Gasteiger partial charge on any atom is 0.416 e. The summed E-state index contributed by atoms with van der Waals surface area (Å²) < 4.78 is 107. The lowest BCUT2D eigenvalue weighted by molar-refractivity contribution is -0.138. The number of nitrogen functional groups attached to an aromatic ring is 1. The van der Waals surface area contributed by atoms with Gasteiger partial charge in [0, 0.05) is 17.5 Å². The molecule has 0 aliphatic carbocycles. The lowest BCUT2D eigenvalue weighted by Gasteiger charge is -2.22. The Kier molecular flexibility index (Phi) is 7.69. The fourth-order valence-corrected chi connectivity index (χ4v) is 7.19. The number of nitrogens with two attached hydrogens (primary N) is 1. The molecule has 2 heterocycles. The van der Waals surface area contributed by atoms with E-state index in [0.29, 0.717) is 0 Å². The monoisotopic (exact) mass is 606 g/mol. The molecule has 42 heavy (non-hydrogen) atoms. The van der Waals surface area contributed by atoms with E-state index in [0.717, 1.165) is 22.8 Å². The second kappa shape index (κ2) is 11.0. The highest BCUT2D eigenvalue weighted by molar-refractivity contribution is 7.85. The molecular weight excluding hydrogens is 582 g/mol. The summed E-state index contributed by atoms with van der Waals surface area (Å²) in [7, 11) is -0.714. The van der Waals surface area contributed by atoms with Crippen LogP contribution >= 0.6 is 0 Å². The third kappa shape index (κ3) is 4.97. The summed E-state index contributed by atoms with van der Waals surface area (Å²) in [6, 6.07) is 10.00. The number of ether oxygens (including phenoxy) is 1. The Morgan fingerprint density at radius 1 is 1.00 bits per heavy atom. The van der Waals surface area contributed by atoms with Crippen molar-refractivity contribution in [2.24, 2.45) is 0 Å².